The lowest BCUT2D eigenvalue weighted by atomic mass is 11.0. The van der Waals surface area contributed by atoms with Crippen molar-refractivity contribution in [3.05, 3.63) is 0 Å². The summed E-state index contributed by atoms with van der Waals surface area (Å²) in [6.07, 6.45) is 0. The van der Waals surface area contributed by atoms with Crippen LogP contribution in [-0.2, 0) is 0 Å². The molecule has 0 aromatic carbocycles. The van der Waals surface area contributed by atoms with Crippen LogP contribution in [0.3, 0.4) is 0 Å². The number of hydrogen-bond donors (Lipinski definition) is 2. The van der Waals surface area contributed by atoms with E-state index in [2.05, 4.69) is 25.3 Å². The Labute approximate surface area is 63.0 Å². The Bertz CT molecular complexity index is 61.3. The van der Waals surface area contributed by atoms with Crippen molar-refractivity contribution < 1.29 is 0 Å². The van der Waals surface area contributed by atoms with E-state index in [9.17, 15) is 0 Å². The van der Waals surface area contributed by atoms with Gasteiger partial charge in [-0.25, -0.2) is 0 Å². The lowest BCUT2D eigenvalue weighted by molar-refractivity contribution is 1.59. The predicted octanol–water partition coefficient (Wildman–Crippen LogP) is 1.94. The normalized spacial score (nSPS) is 28.3. The zero-order valence-electron chi connectivity index (χ0n) is 3.63. The van der Waals surface area contributed by atoms with Gasteiger partial charge in [0.2, 0.25) is 0 Å². The molecular formula is C3H6S4. The van der Waals surface area contributed by atoms with Gasteiger partial charge in [-0.3, -0.25) is 0 Å². The summed E-state index contributed by atoms with van der Waals surface area (Å²) in [5.74, 6) is 2.38. The second kappa shape index (κ2) is 2.33. The van der Waals surface area contributed by atoms with Crippen LogP contribution < -0.4 is 0 Å². The highest BCUT2D eigenvalue weighted by atomic mass is 32.3. The lowest BCUT2D eigenvalue weighted by Gasteiger charge is -2.09. The second-order valence-electron chi connectivity index (χ2n) is 1.25. The van der Waals surface area contributed by atoms with Crippen LogP contribution in [0, 0.1) is 0 Å². The molecule has 1 rings (SSSR count). The van der Waals surface area contributed by atoms with E-state index in [1.807, 2.05) is 0 Å². The molecule has 1 aliphatic heterocycles. The zero-order chi connectivity index (χ0) is 5.33. The van der Waals surface area contributed by atoms with Crippen molar-refractivity contribution in [3.63, 3.8) is 0 Å². The first-order valence-corrected chi connectivity index (χ1v) is 4.80. The molecule has 4 heteroatoms. The third kappa shape index (κ3) is 2.00. The molecule has 0 bridgehead atoms. The topological polar surface area (TPSA) is 0 Å². The van der Waals surface area contributed by atoms with E-state index in [1.54, 1.807) is 23.5 Å². The van der Waals surface area contributed by atoms with Crippen molar-refractivity contribution in [2.24, 2.45) is 0 Å². The summed E-state index contributed by atoms with van der Waals surface area (Å²) >= 11 is 12.1. The molecule has 0 saturated carbocycles. The number of rotatable bonds is 0. The highest BCUT2D eigenvalue weighted by molar-refractivity contribution is 8.42. The quantitative estimate of drug-likeness (QED) is 0.421. The van der Waals surface area contributed by atoms with Gasteiger partial charge in [-0.15, -0.1) is 48.8 Å². The molecule has 1 fully saturated rings. The van der Waals surface area contributed by atoms with Crippen LogP contribution in [0.25, 0.3) is 0 Å². The smallest absolute Gasteiger partial charge is 0.140 e. The van der Waals surface area contributed by atoms with E-state index in [4.69, 9.17) is 0 Å². The van der Waals surface area contributed by atoms with Crippen molar-refractivity contribution in [1.82, 2.24) is 0 Å². The van der Waals surface area contributed by atoms with Gasteiger partial charge < -0.3 is 0 Å². The Morgan fingerprint density at radius 3 is 1.71 bits per heavy atom. The summed E-state index contributed by atoms with van der Waals surface area (Å²) in [6.45, 7) is 0. The molecule has 0 radical (unpaired) electrons. The SMILES string of the molecule is SC1(S)SCCS1. The van der Waals surface area contributed by atoms with Crippen molar-refractivity contribution in [3.8, 4) is 0 Å². The molecule has 1 aliphatic rings. The average Bonchev–Trinajstić information content (AvgIpc) is 1.84. The molecule has 0 aromatic heterocycles. The Balaban J connectivity index is 2.40. The van der Waals surface area contributed by atoms with Crippen molar-refractivity contribution in [2.75, 3.05) is 11.5 Å². The van der Waals surface area contributed by atoms with Gasteiger partial charge in [0.05, 0.1) is 0 Å². The minimum atomic E-state index is -0.0833. The van der Waals surface area contributed by atoms with Gasteiger partial charge in [0, 0.05) is 11.5 Å². The summed E-state index contributed by atoms with van der Waals surface area (Å²) in [6, 6.07) is 0. The summed E-state index contributed by atoms with van der Waals surface area (Å²) < 4.78 is -0.0833. The molecule has 0 spiro atoms. The third-order valence-corrected chi connectivity index (χ3v) is 4.75. The van der Waals surface area contributed by atoms with Crippen LogP contribution >= 0.6 is 48.8 Å². The molecule has 0 unspecified atom stereocenters. The van der Waals surface area contributed by atoms with Crippen molar-refractivity contribution >= 4 is 48.8 Å². The standard InChI is InChI=1S/C3H6S4/c4-3(5)6-1-2-7-3/h4-5H,1-2H2. The molecule has 0 amide bonds. The fourth-order valence-electron chi connectivity index (χ4n) is 0.391. The summed E-state index contributed by atoms with van der Waals surface area (Å²) in [4.78, 5) is 0. The Morgan fingerprint density at radius 1 is 1.14 bits per heavy atom. The predicted molar refractivity (Wildman–Crippen MR) is 45.6 cm³/mol. The molecule has 1 saturated heterocycles. The molecule has 0 nitrogen and oxygen atoms in total. The van der Waals surface area contributed by atoms with E-state index in [1.165, 1.54) is 11.5 Å². The van der Waals surface area contributed by atoms with Gasteiger partial charge >= 0.3 is 0 Å². The van der Waals surface area contributed by atoms with E-state index in [0.29, 0.717) is 0 Å². The fourth-order valence-corrected chi connectivity index (χ4v) is 3.52. The van der Waals surface area contributed by atoms with Crippen LogP contribution in [0.4, 0.5) is 0 Å². The van der Waals surface area contributed by atoms with Crippen molar-refractivity contribution in [2.45, 2.75) is 2.74 Å². The maximum absolute atomic E-state index is 4.24. The highest BCUT2D eigenvalue weighted by Gasteiger charge is 2.26. The summed E-state index contributed by atoms with van der Waals surface area (Å²) in [5, 5.41) is 0. The number of thiol groups is 2. The van der Waals surface area contributed by atoms with E-state index >= 15 is 0 Å². The Morgan fingerprint density at radius 2 is 1.57 bits per heavy atom. The molecule has 0 N–H and O–H groups in total. The Kier molecular flexibility index (Phi) is 2.17. The lowest BCUT2D eigenvalue weighted by Crippen LogP contribution is -1.90. The van der Waals surface area contributed by atoms with Gasteiger partial charge in [-0.1, -0.05) is 0 Å². The minimum absolute atomic E-state index is 0.0833. The molecule has 1 heterocycles. The van der Waals surface area contributed by atoms with Crippen LogP contribution in [0.15, 0.2) is 0 Å². The van der Waals surface area contributed by atoms with Crippen LogP contribution in [0.1, 0.15) is 0 Å². The summed E-state index contributed by atoms with van der Waals surface area (Å²) in [7, 11) is 0. The van der Waals surface area contributed by atoms with Crippen LogP contribution in [0.2, 0.25) is 0 Å². The van der Waals surface area contributed by atoms with Gasteiger partial charge in [-0.05, 0) is 0 Å². The highest BCUT2D eigenvalue weighted by Crippen LogP contribution is 2.49. The van der Waals surface area contributed by atoms with E-state index < -0.39 is 0 Å². The monoisotopic (exact) mass is 170 g/mol. The minimum Gasteiger partial charge on any atom is -0.140 e. The first-order valence-electron chi connectivity index (χ1n) is 1.93. The van der Waals surface area contributed by atoms with E-state index in [-0.39, 0.29) is 2.74 Å². The molecule has 0 atom stereocenters. The first kappa shape index (κ1) is 6.52. The largest absolute Gasteiger partial charge is 0.148 e. The summed E-state index contributed by atoms with van der Waals surface area (Å²) in [5.41, 5.74) is 0. The number of hydrogen-bond acceptors (Lipinski definition) is 4. The zero-order valence-corrected chi connectivity index (χ0v) is 7.05. The van der Waals surface area contributed by atoms with Crippen LogP contribution in [0.5, 0.6) is 0 Å². The maximum atomic E-state index is 4.24. The van der Waals surface area contributed by atoms with Gasteiger partial charge in [0.25, 0.3) is 0 Å². The van der Waals surface area contributed by atoms with Crippen LogP contribution in [-0.4, -0.2) is 14.2 Å². The molecule has 0 aromatic rings. The maximum Gasteiger partial charge on any atom is 0.148 e. The third-order valence-electron chi connectivity index (χ3n) is 0.664. The van der Waals surface area contributed by atoms with Gasteiger partial charge in [0.15, 0.2) is 0 Å². The fraction of sp³-hybridized carbons (Fsp3) is 1.00. The number of thioether (sulfide) groups is 2. The average molecular weight is 170 g/mol. The van der Waals surface area contributed by atoms with Crippen molar-refractivity contribution in [1.29, 1.82) is 0 Å². The second-order valence-corrected chi connectivity index (χ2v) is 7.03. The van der Waals surface area contributed by atoms with Gasteiger partial charge in [0.1, 0.15) is 2.74 Å². The molecule has 42 valence electrons. The van der Waals surface area contributed by atoms with Gasteiger partial charge in [-0.2, -0.15) is 0 Å². The van der Waals surface area contributed by atoms with E-state index in [0.717, 1.165) is 0 Å². The molecule has 0 aliphatic carbocycles. The first-order chi connectivity index (χ1) is 3.21. The molecule has 7 heavy (non-hydrogen) atoms. The Hall–Kier alpha value is 1.40. The molecular weight excluding hydrogens is 164 g/mol.